The number of ether oxygens (including phenoxy) is 1. The number of carbonyl (C=O) groups is 2. The third-order valence-corrected chi connectivity index (χ3v) is 7.02. The van der Waals surface area contributed by atoms with Crippen LogP contribution in [0.25, 0.3) is 11.4 Å². The summed E-state index contributed by atoms with van der Waals surface area (Å²) in [5.41, 5.74) is 1.06. The molecule has 1 aromatic heterocycles. The summed E-state index contributed by atoms with van der Waals surface area (Å²) in [6.07, 6.45) is 5.26. The minimum Gasteiger partial charge on any atom is -0.376 e. The Kier molecular flexibility index (Phi) is 8.02. The van der Waals surface area contributed by atoms with E-state index in [1.54, 1.807) is 0 Å². The molecule has 5 rings (SSSR count). The second kappa shape index (κ2) is 11.8. The van der Waals surface area contributed by atoms with Crippen LogP contribution in [0.5, 0.6) is 0 Å². The van der Waals surface area contributed by atoms with E-state index in [0.717, 1.165) is 43.3 Å². The van der Waals surface area contributed by atoms with Gasteiger partial charge in [0.1, 0.15) is 24.2 Å². The van der Waals surface area contributed by atoms with Crippen molar-refractivity contribution < 1.29 is 23.1 Å². The van der Waals surface area contributed by atoms with Gasteiger partial charge < -0.3 is 15.0 Å². The molecular formula is C27H30F2N6O3. The molecular weight excluding hydrogens is 494 g/mol. The molecule has 0 bridgehead atoms. The molecule has 1 aliphatic heterocycles. The van der Waals surface area contributed by atoms with Gasteiger partial charge >= 0.3 is 0 Å². The fraction of sp³-hybridized carbons (Fsp3) is 0.444. The van der Waals surface area contributed by atoms with E-state index in [0.29, 0.717) is 17.7 Å². The summed E-state index contributed by atoms with van der Waals surface area (Å²) in [7, 11) is 0. The van der Waals surface area contributed by atoms with Crippen molar-refractivity contribution in [1.82, 2.24) is 30.4 Å². The number of aromatic nitrogens is 4. The molecule has 200 valence electrons. The minimum absolute atomic E-state index is 0.0420. The zero-order chi connectivity index (χ0) is 26.5. The number of carbonyl (C=O) groups excluding carboxylic acids is 2. The van der Waals surface area contributed by atoms with Crippen molar-refractivity contribution in [3.8, 4) is 11.4 Å². The third-order valence-electron chi connectivity index (χ3n) is 7.02. The van der Waals surface area contributed by atoms with Crippen LogP contribution in [0, 0.1) is 11.6 Å². The molecule has 11 heteroatoms. The number of rotatable bonds is 9. The summed E-state index contributed by atoms with van der Waals surface area (Å²) < 4.78 is 32.9. The summed E-state index contributed by atoms with van der Waals surface area (Å²) in [5.74, 6) is -1.28. The second-order valence-electron chi connectivity index (χ2n) is 9.78. The molecule has 2 aromatic carbocycles. The zero-order valence-electron chi connectivity index (χ0n) is 20.9. The maximum absolute atomic E-state index is 13.8. The number of hydrogen-bond donors (Lipinski definition) is 1. The number of benzene rings is 2. The number of nitrogens with zero attached hydrogens (tertiary/aromatic N) is 5. The molecule has 2 amide bonds. The van der Waals surface area contributed by atoms with Gasteiger partial charge in [-0.3, -0.25) is 9.59 Å². The largest absolute Gasteiger partial charge is 0.376 e. The lowest BCUT2D eigenvalue weighted by molar-refractivity contribution is -0.143. The standard InChI is InChI=1S/C27H30F2N6O3/c28-20-11-7-18(8-12-20)25(27(37)30-22-4-1-2-5-22)34(16-23-6-3-15-38-23)24(36)17-35-32-26(31-33-35)19-9-13-21(29)14-10-19/h7-14,22-23,25H,1-6,15-17H2,(H,30,37)/t23-,25-/m0/s1. The monoisotopic (exact) mass is 524 g/mol. The lowest BCUT2D eigenvalue weighted by atomic mass is 10.0. The quantitative estimate of drug-likeness (QED) is 0.460. The van der Waals surface area contributed by atoms with Gasteiger partial charge in [-0.05, 0) is 72.9 Å². The molecule has 2 aliphatic rings. The molecule has 1 aliphatic carbocycles. The van der Waals surface area contributed by atoms with Crippen LogP contribution in [-0.2, 0) is 20.9 Å². The van der Waals surface area contributed by atoms with Gasteiger partial charge in [-0.25, -0.2) is 8.78 Å². The van der Waals surface area contributed by atoms with Crippen LogP contribution in [-0.4, -0.2) is 62.2 Å². The first-order valence-corrected chi connectivity index (χ1v) is 13.0. The molecule has 1 N–H and O–H groups in total. The Hall–Kier alpha value is -3.73. The lowest BCUT2D eigenvalue weighted by Gasteiger charge is -2.33. The van der Waals surface area contributed by atoms with Crippen molar-refractivity contribution in [2.75, 3.05) is 13.2 Å². The normalized spacial score (nSPS) is 18.4. The highest BCUT2D eigenvalue weighted by atomic mass is 19.1. The Morgan fingerprint density at radius 3 is 2.34 bits per heavy atom. The van der Waals surface area contributed by atoms with Gasteiger partial charge in [-0.1, -0.05) is 25.0 Å². The first-order chi connectivity index (χ1) is 18.5. The number of hydrogen-bond acceptors (Lipinski definition) is 6. The first-order valence-electron chi connectivity index (χ1n) is 13.0. The number of halogens is 2. The van der Waals surface area contributed by atoms with Crippen LogP contribution in [0.3, 0.4) is 0 Å². The molecule has 1 saturated heterocycles. The van der Waals surface area contributed by atoms with Gasteiger partial charge in [0.15, 0.2) is 0 Å². The fourth-order valence-corrected chi connectivity index (χ4v) is 5.06. The van der Waals surface area contributed by atoms with Gasteiger partial charge in [0.25, 0.3) is 0 Å². The summed E-state index contributed by atoms with van der Waals surface area (Å²) in [6.45, 7) is 0.516. The lowest BCUT2D eigenvalue weighted by Crippen LogP contribution is -2.49. The highest BCUT2D eigenvalue weighted by Crippen LogP contribution is 2.27. The van der Waals surface area contributed by atoms with E-state index in [-0.39, 0.29) is 42.8 Å². The van der Waals surface area contributed by atoms with Crippen molar-refractivity contribution in [2.24, 2.45) is 0 Å². The van der Waals surface area contributed by atoms with Crippen LogP contribution in [0.1, 0.15) is 50.1 Å². The molecule has 0 unspecified atom stereocenters. The van der Waals surface area contributed by atoms with Gasteiger partial charge in [0.05, 0.1) is 6.10 Å². The Morgan fingerprint density at radius 1 is 1.00 bits per heavy atom. The molecule has 0 spiro atoms. The third kappa shape index (κ3) is 6.21. The molecule has 2 fully saturated rings. The molecule has 9 nitrogen and oxygen atoms in total. The SMILES string of the molecule is O=C(NC1CCCC1)[C@H](c1ccc(F)cc1)N(C[C@@H]1CCCO1)C(=O)Cn1nnc(-c2ccc(F)cc2)n1. The molecule has 3 aromatic rings. The summed E-state index contributed by atoms with van der Waals surface area (Å²) in [4.78, 5) is 30.0. The summed E-state index contributed by atoms with van der Waals surface area (Å²) in [6, 6.07) is 10.3. The van der Waals surface area contributed by atoms with E-state index in [2.05, 4.69) is 20.7 Å². The van der Waals surface area contributed by atoms with Crippen molar-refractivity contribution in [2.45, 2.75) is 63.3 Å². The molecule has 2 atom stereocenters. The van der Waals surface area contributed by atoms with E-state index in [1.165, 1.54) is 53.4 Å². The average Bonchev–Trinajstić information content (AvgIpc) is 3.69. The molecule has 2 heterocycles. The Labute approximate surface area is 219 Å². The Balaban J connectivity index is 1.42. The minimum atomic E-state index is -0.979. The van der Waals surface area contributed by atoms with Crippen LogP contribution < -0.4 is 5.32 Å². The molecule has 1 saturated carbocycles. The summed E-state index contributed by atoms with van der Waals surface area (Å²) >= 11 is 0. The van der Waals surface area contributed by atoms with E-state index in [1.807, 2.05) is 0 Å². The molecule has 0 radical (unpaired) electrons. The highest BCUT2D eigenvalue weighted by molar-refractivity contribution is 5.89. The first kappa shape index (κ1) is 25.9. The van der Waals surface area contributed by atoms with Crippen LogP contribution in [0.4, 0.5) is 8.78 Å². The Bertz CT molecular complexity index is 1240. The number of amides is 2. The maximum Gasteiger partial charge on any atom is 0.247 e. The number of nitrogens with one attached hydrogen (secondary N) is 1. The van der Waals surface area contributed by atoms with Gasteiger partial charge in [0.2, 0.25) is 17.6 Å². The van der Waals surface area contributed by atoms with Gasteiger partial charge in [-0.15, -0.1) is 10.2 Å². The van der Waals surface area contributed by atoms with Crippen molar-refractivity contribution in [1.29, 1.82) is 0 Å². The van der Waals surface area contributed by atoms with E-state index in [4.69, 9.17) is 4.74 Å². The Morgan fingerprint density at radius 2 is 1.68 bits per heavy atom. The van der Waals surface area contributed by atoms with E-state index in [9.17, 15) is 18.4 Å². The van der Waals surface area contributed by atoms with E-state index >= 15 is 0 Å². The maximum atomic E-state index is 13.8. The van der Waals surface area contributed by atoms with Crippen LogP contribution in [0.15, 0.2) is 48.5 Å². The zero-order valence-corrected chi connectivity index (χ0v) is 20.9. The van der Waals surface area contributed by atoms with Crippen LogP contribution in [0.2, 0.25) is 0 Å². The predicted molar refractivity (Wildman–Crippen MR) is 133 cm³/mol. The van der Waals surface area contributed by atoms with Gasteiger partial charge in [0, 0.05) is 24.8 Å². The van der Waals surface area contributed by atoms with Crippen molar-refractivity contribution in [3.63, 3.8) is 0 Å². The van der Waals surface area contributed by atoms with Crippen molar-refractivity contribution in [3.05, 3.63) is 65.7 Å². The fourth-order valence-electron chi connectivity index (χ4n) is 5.06. The average molecular weight is 525 g/mol. The van der Waals surface area contributed by atoms with Gasteiger partial charge in [-0.2, -0.15) is 4.80 Å². The second-order valence-corrected chi connectivity index (χ2v) is 9.78. The topological polar surface area (TPSA) is 102 Å². The summed E-state index contributed by atoms with van der Waals surface area (Å²) in [5, 5.41) is 15.4. The van der Waals surface area contributed by atoms with Crippen molar-refractivity contribution >= 4 is 11.8 Å². The predicted octanol–water partition coefficient (Wildman–Crippen LogP) is 3.43. The van der Waals surface area contributed by atoms with E-state index < -0.39 is 17.8 Å². The molecule has 38 heavy (non-hydrogen) atoms. The smallest absolute Gasteiger partial charge is 0.247 e. The van der Waals surface area contributed by atoms with Crippen LogP contribution >= 0.6 is 0 Å². The number of tetrazole rings is 1. The highest BCUT2D eigenvalue weighted by Gasteiger charge is 2.35.